The van der Waals surface area contributed by atoms with E-state index in [1.807, 2.05) is 12.1 Å². The molecule has 32 heavy (non-hydrogen) atoms. The van der Waals surface area contributed by atoms with E-state index in [0.717, 1.165) is 18.4 Å². The lowest BCUT2D eigenvalue weighted by Gasteiger charge is -2.06. The Morgan fingerprint density at radius 3 is 1.38 bits per heavy atom. The van der Waals surface area contributed by atoms with E-state index in [2.05, 4.69) is 26.0 Å². The van der Waals surface area contributed by atoms with Gasteiger partial charge >= 0.3 is 5.97 Å². The molecular weight excluding hydrogens is 392 g/mol. The highest BCUT2D eigenvalue weighted by Crippen LogP contribution is 2.15. The Kier molecular flexibility index (Phi) is 19.3. The number of carbonyl (C=O) groups excluding carboxylic acids is 1. The van der Waals surface area contributed by atoms with Gasteiger partial charge in [-0.25, -0.2) is 0 Å². The molecule has 1 aromatic rings. The fraction of sp³-hybridized carbons (Fsp3) is 0.767. The first-order valence-corrected chi connectivity index (χ1v) is 13.9. The highest BCUT2D eigenvalue weighted by atomic mass is 16.5. The Morgan fingerprint density at radius 1 is 0.594 bits per heavy atom. The van der Waals surface area contributed by atoms with Crippen LogP contribution in [0.3, 0.4) is 0 Å². The number of ether oxygens (including phenoxy) is 1. The van der Waals surface area contributed by atoms with Crippen LogP contribution in [0.1, 0.15) is 146 Å². The molecule has 2 nitrogen and oxygen atoms in total. The maximum absolute atomic E-state index is 11.8. The van der Waals surface area contributed by atoms with Gasteiger partial charge in [0.1, 0.15) is 6.61 Å². The van der Waals surface area contributed by atoms with Crippen molar-refractivity contribution in [2.24, 2.45) is 0 Å². The van der Waals surface area contributed by atoms with E-state index in [0.29, 0.717) is 13.0 Å². The molecule has 0 heterocycles. The standard InChI is InChI=1S/C30H52O2/c1-3-4-5-6-7-8-9-10-11-12-13-14-15-16-17-18-19-20-21-22-30(31)32-27-29-25-23-28(2)24-26-29/h23-26H,3-22,27H2,1-2H3. The smallest absolute Gasteiger partial charge is 0.306 e. The summed E-state index contributed by atoms with van der Waals surface area (Å²) in [6.45, 7) is 4.76. The van der Waals surface area contributed by atoms with E-state index in [4.69, 9.17) is 4.74 Å². The Hall–Kier alpha value is -1.31. The predicted molar refractivity (Wildman–Crippen MR) is 139 cm³/mol. The SMILES string of the molecule is CCCCCCCCCCCCCCCCCCCCCC(=O)OCc1ccc(C)cc1. The molecule has 0 atom stereocenters. The molecule has 184 valence electrons. The Labute approximate surface area is 199 Å². The molecule has 0 aromatic heterocycles. The minimum absolute atomic E-state index is 0.0578. The molecule has 0 radical (unpaired) electrons. The molecule has 0 saturated heterocycles. The number of aryl methyl sites for hydroxylation is 1. The van der Waals surface area contributed by atoms with Crippen LogP contribution in [0.25, 0.3) is 0 Å². The van der Waals surface area contributed by atoms with Gasteiger partial charge in [0, 0.05) is 6.42 Å². The number of carbonyl (C=O) groups is 1. The van der Waals surface area contributed by atoms with Crippen LogP contribution in [-0.2, 0) is 16.1 Å². The molecule has 1 aromatic carbocycles. The zero-order valence-corrected chi connectivity index (χ0v) is 21.5. The van der Waals surface area contributed by atoms with E-state index in [-0.39, 0.29) is 5.97 Å². The molecular formula is C30H52O2. The van der Waals surface area contributed by atoms with Gasteiger partial charge in [0.05, 0.1) is 0 Å². The monoisotopic (exact) mass is 444 g/mol. The number of hydrogen-bond donors (Lipinski definition) is 0. The second-order valence-corrected chi connectivity index (χ2v) is 9.76. The van der Waals surface area contributed by atoms with Crippen molar-refractivity contribution in [3.05, 3.63) is 35.4 Å². The summed E-state index contributed by atoms with van der Waals surface area (Å²) in [5, 5.41) is 0. The number of benzene rings is 1. The van der Waals surface area contributed by atoms with Gasteiger partial charge in [0.2, 0.25) is 0 Å². The highest BCUT2D eigenvalue weighted by Gasteiger charge is 2.03. The van der Waals surface area contributed by atoms with E-state index in [1.165, 1.54) is 115 Å². The van der Waals surface area contributed by atoms with Gasteiger partial charge in [-0.15, -0.1) is 0 Å². The Morgan fingerprint density at radius 2 is 0.969 bits per heavy atom. The zero-order valence-electron chi connectivity index (χ0n) is 21.5. The van der Waals surface area contributed by atoms with E-state index in [9.17, 15) is 4.79 Å². The van der Waals surface area contributed by atoms with Gasteiger partial charge in [0.15, 0.2) is 0 Å². The first kappa shape index (κ1) is 28.7. The number of esters is 1. The summed E-state index contributed by atoms with van der Waals surface area (Å²) in [5.41, 5.74) is 2.30. The topological polar surface area (TPSA) is 26.3 Å². The molecule has 1 rings (SSSR count). The Balaban J connectivity index is 1.74. The van der Waals surface area contributed by atoms with Crippen molar-refractivity contribution in [3.8, 4) is 0 Å². The molecule has 0 bridgehead atoms. The van der Waals surface area contributed by atoms with Gasteiger partial charge in [-0.2, -0.15) is 0 Å². The van der Waals surface area contributed by atoms with E-state index < -0.39 is 0 Å². The molecule has 0 spiro atoms. The minimum atomic E-state index is -0.0578. The van der Waals surface area contributed by atoms with Gasteiger partial charge in [-0.1, -0.05) is 152 Å². The number of unbranched alkanes of at least 4 members (excludes halogenated alkanes) is 18. The number of rotatable bonds is 22. The van der Waals surface area contributed by atoms with Gasteiger partial charge in [0.25, 0.3) is 0 Å². The van der Waals surface area contributed by atoms with E-state index >= 15 is 0 Å². The summed E-state index contributed by atoms with van der Waals surface area (Å²) in [6, 6.07) is 8.17. The summed E-state index contributed by atoms with van der Waals surface area (Å²) in [5.74, 6) is -0.0578. The first-order valence-electron chi connectivity index (χ1n) is 13.9. The van der Waals surface area contributed by atoms with Crippen molar-refractivity contribution < 1.29 is 9.53 Å². The van der Waals surface area contributed by atoms with Crippen molar-refractivity contribution >= 4 is 5.97 Å². The van der Waals surface area contributed by atoms with Gasteiger partial charge < -0.3 is 4.74 Å². The summed E-state index contributed by atoms with van der Waals surface area (Å²) in [4.78, 5) is 11.8. The summed E-state index contributed by atoms with van der Waals surface area (Å²) in [6.07, 6.45) is 26.6. The van der Waals surface area contributed by atoms with E-state index in [1.54, 1.807) is 0 Å². The lowest BCUT2D eigenvalue weighted by molar-refractivity contribution is -0.145. The third kappa shape index (κ3) is 18.3. The van der Waals surface area contributed by atoms with Crippen molar-refractivity contribution in [1.82, 2.24) is 0 Å². The first-order chi connectivity index (χ1) is 15.7. The van der Waals surface area contributed by atoms with Crippen LogP contribution in [0, 0.1) is 6.92 Å². The van der Waals surface area contributed by atoms with Crippen LogP contribution >= 0.6 is 0 Å². The lowest BCUT2D eigenvalue weighted by atomic mass is 10.0. The average molecular weight is 445 g/mol. The van der Waals surface area contributed by atoms with Gasteiger partial charge in [-0.05, 0) is 18.9 Å². The fourth-order valence-electron chi connectivity index (χ4n) is 4.27. The van der Waals surface area contributed by atoms with Crippen molar-refractivity contribution in [2.75, 3.05) is 0 Å². The maximum Gasteiger partial charge on any atom is 0.306 e. The molecule has 0 aliphatic heterocycles. The molecule has 0 fully saturated rings. The zero-order chi connectivity index (χ0) is 23.1. The van der Waals surface area contributed by atoms with Gasteiger partial charge in [-0.3, -0.25) is 4.79 Å². The van der Waals surface area contributed by atoms with Crippen LogP contribution in [-0.4, -0.2) is 5.97 Å². The average Bonchev–Trinajstić information content (AvgIpc) is 2.80. The third-order valence-electron chi connectivity index (χ3n) is 6.50. The molecule has 0 saturated carbocycles. The van der Waals surface area contributed by atoms with Crippen molar-refractivity contribution in [2.45, 2.75) is 149 Å². The second-order valence-electron chi connectivity index (χ2n) is 9.76. The molecule has 0 aliphatic rings. The number of hydrogen-bond acceptors (Lipinski definition) is 2. The second kappa shape index (κ2) is 21.5. The molecule has 0 aliphatic carbocycles. The van der Waals surface area contributed by atoms with Crippen LogP contribution in [0.5, 0.6) is 0 Å². The quantitative estimate of drug-likeness (QED) is 0.131. The summed E-state index contributed by atoms with van der Waals surface area (Å²) in [7, 11) is 0. The predicted octanol–water partition coefficient (Wildman–Crippen LogP) is 9.86. The highest BCUT2D eigenvalue weighted by molar-refractivity contribution is 5.69. The van der Waals surface area contributed by atoms with Crippen LogP contribution in [0.2, 0.25) is 0 Å². The van der Waals surface area contributed by atoms with Crippen LogP contribution in [0.15, 0.2) is 24.3 Å². The van der Waals surface area contributed by atoms with Crippen LogP contribution < -0.4 is 0 Å². The third-order valence-corrected chi connectivity index (χ3v) is 6.50. The largest absolute Gasteiger partial charge is 0.461 e. The summed E-state index contributed by atoms with van der Waals surface area (Å²) >= 11 is 0. The van der Waals surface area contributed by atoms with Crippen LogP contribution in [0.4, 0.5) is 0 Å². The van der Waals surface area contributed by atoms with Crippen molar-refractivity contribution in [3.63, 3.8) is 0 Å². The minimum Gasteiger partial charge on any atom is -0.461 e. The molecule has 2 heteroatoms. The van der Waals surface area contributed by atoms with Crippen molar-refractivity contribution in [1.29, 1.82) is 0 Å². The lowest BCUT2D eigenvalue weighted by Crippen LogP contribution is -2.04. The molecule has 0 N–H and O–H groups in total. The maximum atomic E-state index is 11.8. The molecule has 0 amide bonds. The fourth-order valence-corrected chi connectivity index (χ4v) is 4.27. The Bertz CT molecular complexity index is 534. The molecule has 0 unspecified atom stereocenters. The summed E-state index contributed by atoms with van der Waals surface area (Å²) < 4.78 is 5.37. The normalized spacial score (nSPS) is 11.1.